The average Bonchev–Trinajstić information content (AvgIpc) is 2.28. The number of carboxylic acid groups (broad SMARTS) is 1. The molecule has 1 aromatic heterocycles. The van der Waals surface area contributed by atoms with E-state index in [9.17, 15) is 14.7 Å². The van der Waals surface area contributed by atoms with E-state index in [-0.39, 0.29) is 17.1 Å². The Balaban J connectivity index is 3.19. The Kier molecular flexibility index (Phi) is 4.52. The number of hydrogen-bond acceptors (Lipinski definition) is 3. The van der Waals surface area contributed by atoms with E-state index >= 15 is 0 Å². The van der Waals surface area contributed by atoms with E-state index in [2.05, 4.69) is 4.98 Å². The monoisotopic (exact) mass is 284 g/mol. The molecular formula is C13H17ClN2O3. The van der Waals surface area contributed by atoms with E-state index in [1.165, 1.54) is 24.9 Å². The molecule has 0 aliphatic heterocycles. The zero-order valence-electron chi connectivity index (χ0n) is 11.4. The molecule has 1 amide bonds. The molecule has 0 atom stereocenters. The number of aryl methyl sites for hydroxylation is 1. The highest BCUT2D eigenvalue weighted by Gasteiger charge is 2.37. The molecule has 5 nitrogen and oxygen atoms in total. The largest absolute Gasteiger partial charge is 0.480 e. The summed E-state index contributed by atoms with van der Waals surface area (Å²) < 4.78 is 0. The van der Waals surface area contributed by atoms with Gasteiger partial charge in [0.25, 0.3) is 5.91 Å². The third-order valence-electron chi connectivity index (χ3n) is 2.98. The fourth-order valence-corrected chi connectivity index (χ4v) is 2.02. The second kappa shape index (κ2) is 5.57. The molecule has 0 aliphatic rings. The number of pyridine rings is 1. The van der Waals surface area contributed by atoms with Crippen molar-refractivity contribution < 1.29 is 14.7 Å². The Hall–Kier alpha value is -1.62. The molecule has 1 heterocycles. The number of carbonyl (C=O) groups excluding carboxylic acids is 1. The molecule has 19 heavy (non-hydrogen) atoms. The Labute approximate surface area is 117 Å². The first kappa shape index (κ1) is 15.4. The number of halogens is 1. The Morgan fingerprint density at radius 3 is 2.47 bits per heavy atom. The van der Waals surface area contributed by atoms with Crippen LogP contribution in [0, 0.1) is 6.92 Å². The summed E-state index contributed by atoms with van der Waals surface area (Å²) in [6.45, 7) is 6.71. The number of likely N-dealkylation sites (N-methyl/N-ethyl adjacent to an activating group) is 1. The van der Waals surface area contributed by atoms with E-state index in [0.29, 0.717) is 5.69 Å². The van der Waals surface area contributed by atoms with Gasteiger partial charge in [-0.1, -0.05) is 11.6 Å². The number of rotatable bonds is 4. The van der Waals surface area contributed by atoms with Gasteiger partial charge in [-0.05, 0) is 33.8 Å². The summed E-state index contributed by atoms with van der Waals surface area (Å²) in [6.07, 6.45) is 1.38. The summed E-state index contributed by atoms with van der Waals surface area (Å²) in [5.74, 6) is -1.51. The molecule has 0 saturated carbocycles. The highest BCUT2D eigenvalue weighted by Crippen LogP contribution is 2.22. The number of aliphatic carboxylic acids is 1. The molecule has 0 fully saturated rings. The smallest absolute Gasteiger partial charge is 0.329 e. The zero-order chi connectivity index (χ0) is 14.8. The van der Waals surface area contributed by atoms with Gasteiger partial charge in [0.05, 0.1) is 10.6 Å². The van der Waals surface area contributed by atoms with Crippen molar-refractivity contribution in [3.63, 3.8) is 0 Å². The number of aromatic nitrogens is 1. The standard InChI is InChI=1S/C13H17ClN2O3/c1-5-16(13(3,4)12(18)19)11(17)9-7-15-8(2)6-10(9)14/h6-7H,5H2,1-4H3,(H,18,19). The molecule has 0 saturated heterocycles. The summed E-state index contributed by atoms with van der Waals surface area (Å²) in [5.41, 5.74) is -0.398. The lowest BCUT2D eigenvalue weighted by atomic mass is 10.0. The van der Waals surface area contributed by atoms with Crippen LogP contribution < -0.4 is 0 Å². The normalized spacial score (nSPS) is 11.2. The lowest BCUT2D eigenvalue weighted by Gasteiger charge is -2.34. The number of hydrogen-bond donors (Lipinski definition) is 1. The predicted molar refractivity (Wildman–Crippen MR) is 72.4 cm³/mol. The molecule has 0 aliphatic carbocycles. The molecular weight excluding hydrogens is 268 g/mol. The first-order valence-electron chi connectivity index (χ1n) is 5.89. The van der Waals surface area contributed by atoms with Crippen LogP contribution in [-0.2, 0) is 4.79 Å². The van der Waals surface area contributed by atoms with Gasteiger partial charge in [-0.15, -0.1) is 0 Å². The van der Waals surface area contributed by atoms with Crippen molar-refractivity contribution in [1.29, 1.82) is 0 Å². The van der Waals surface area contributed by atoms with E-state index in [4.69, 9.17) is 11.6 Å². The maximum atomic E-state index is 12.4. The van der Waals surface area contributed by atoms with Crippen LogP contribution in [-0.4, -0.2) is 39.0 Å². The third kappa shape index (κ3) is 3.04. The Bertz CT molecular complexity index is 515. The van der Waals surface area contributed by atoms with Crippen molar-refractivity contribution in [2.24, 2.45) is 0 Å². The van der Waals surface area contributed by atoms with Gasteiger partial charge in [0.15, 0.2) is 0 Å². The van der Waals surface area contributed by atoms with Crippen LogP contribution in [0.4, 0.5) is 0 Å². The maximum Gasteiger partial charge on any atom is 0.329 e. The Morgan fingerprint density at radius 1 is 1.47 bits per heavy atom. The number of carbonyl (C=O) groups is 2. The fraction of sp³-hybridized carbons (Fsp3) is 0.462. The van der Waals surface area contributed by atoms with Crippen LogP contribution in [0.15, 0.2) is 12.3 Å². The van der Waals surface area contributed by atoms with Crippen molar-refractivity contribution >= 4 is 23.5 Å². The molecule has 104 valence electrons. The van der Waals surface area contributed by atoms with Crippen molar-refractivity contribution in [1.82, 2.24) is 9.88 Å². The van der Waals surface area contributed by atoms with E-state index in [1.807, 2.05) is 0 Å². The minimum absolute atomic E-state index is 0.212. The minimum Gasteiger partial charge on any atom is -0.480 e. The second-order valence-corrected chi connectivity index (χ2v) is 5.13. The first-order chi connectivity index (χ1) is 8.71. The summed E-state index contributed by atoms with van der Waals surface area (Å²) in [7, 11) is 0. The van der Waals surface area contributed by atoms with Gasteiger partial charge < -0.3 is 10.0 Å². The van der Waals surface area contributed by atoms with E-state index in [1.54, 1.807) is 19.9 Å². The molecule has 0 spiro atoms. The molecule has 0 radical (unpaired) electrons. The highest BCUT2D eigenvalue weighted by atomic mass is 35.5. The minimum atomic E-state index is -1.31. The average molecular weight is 285 g/mol. The first-order valence-corrected chi connectivity index (χ1v) is 6.27. The van der Waals surface area contributed by atoms with Crippen LogP contribution in [0.25, 0.3) is 0 Å². The molecule has 1 rings (SSSR count). The van der Waals surface area contributed by atoms with Crippen molar-refractivity contribution in [3.05, 3.63) is 28.5 Å². The van der Waals surface area contributed by atoms with Crippen molar-refractivity contribution in [2.45, 2.75) is 33.2 Å². The number of nitrogens with zero attached hydrogens (tertiary/aromatic N) is 2. The van der Waals surface area contributed by atoms with Gasteiger partial charge in [0, 0.05) is 18.4 Å². The van der Waals surface area contributed by atoms with Gasteiger partial charge in [-0.25, -0.2) is 4.79 Å². The zero-order valence-corrected chi connectivity index (χ0v) is 12.2. The van der Waals surface area contributed by atoms with E-state index < -0.39 is 17.4 Å². The SMILES string of the molecule is CCN(C(=O)c1cnc(C)cc1Cl)C(C)(C)C(=O)O. The van der Waals surface area contributed by atoms with Gasteiger partial charge in [0.2, 0.25) is 0 Å². The topological polar surface area (TPSA) is 70.5 Å². The maximum absolute atomic E-state index is 12.4. The lowest BCUT2D eigenvalue weighted by molar-refractivity contribution is -0.147. The lowest BCUT2D eigenvalue weighted by Crippen LogP contribution is -2.53. The van der Waals surface area contributed by atoms with Crippen LogP contribution in [0.1, 0.15) is 36.8 Å². The van der Waals surface area contributed by atoms with Gasteiger partial charge in [-0.2, -0.15) is 0 Å². The van der Waals surface area contributed by atoms with Crippen LogP contribution in [0.3, 0.4) is 0 Å². The highest BCUT2D eigenvalue weighted by molar-refractivity contribution is 6.33. The molecule has 0 unspecified atom stereocenters. The quantitative estimate of drug-likeness (QED) is 0.921. The van der Waals surface area contributed by atoms with Crippen LogP contribution >= 0.6 is 11.6 Å². The number of amides is 1. The van der Waals surface area contributed by atoms with Crippen LogP contribution in [0.2, 0.25) is 5.02 Å². The summed E-state index contributed by atoms with van der Waals surface area (Å²) in [4.78, 5) is 28.9. The number of carboxylic acids is 1. The summed E-state index contributed by atoms with van der Waals surface area (Å²) in [6, 6.07) is 1.58. The van der Waals surface area contributed by atoms with Crippen LogP contribution in [0.5, 0.6) is 0 Å². The Morgan fingerprint density at radius 2 is 2.05 bits per heavy atom. The summed E-state index contributed by atoms with van der Waals surface area (Å²) in [5, 5.41) is 9.48. The molecule has 6 heteroatoms. The van der Waals surface area contributed by atoms with Gasteiger partial charge in [-0.3, -0.25) is 9.78 Å². The van der Waals surface area contributed by atoms with Gasteiger partial charge in [0.1, 0.15) is 5.54 Å². The molecule has 1 aromatic rings. The molecule has 1 N–H and O–H groups in total. The van der Waals surface area contributed by atoms with Crippen molar-refractivity contribution in [2.75, 3.05) is 6.54 Å². The van der Waals surface area contributed by atoms with E-state index in [0.717, 1.165) is 0 Å². The molecule has 0 bridgehead atoms. The summed E-state index contributed by atoms with van der Waals surface area (Å²) >= 11 is 6.02. The molecule has 0 aromatic carbocycles. The second-order valence-electron chi connectivity index (χ2n) is 4.72. The predicted octanol–water partition coefficient (Wildman–Crippen LogP) is 2.37. The fourth-order valence-electron chi connectivity index (χ4n) is 1.74. The third-order valence-corrected chi connectivity index (χ3v) is 3.29. The van der Waals surface area contributed by atoms with Crippen molar-refractivity contribution in [3.8, 4) is 0 Å². The van der Waals surface area contributed by atoms with Gasteiger partial charge >= 0.3 is 5.97 Å².